The molecule has 3 rings (SSSR count). The van der Waals surface area contributed by atoms with Gasteiger partial charge < -0.3 is 4.74 Å². The number of nitrogens with zero attached hydrogens (tertiary/aromatic N) is 4. The first-order valence-electron chi connectivity index (χ1n) is 8.60. The number of aromatic nitrogens is 3. The van der Waals surface area contributed by atoms with Crippen molar-refractivity contribution in [3.05, 3.63) is 22.3 Å². The van der Waals surface area contributed by atoms with Crippen molar-refractivity contribution in [1.29, 1.82) is 0 Å². The summed E-state index contributed by atoms with van der Waals surface area (Å²) in [4.78, 5) is 3.19. The summed E-state index contributed by atoms with van der Waals surface area (Å²) >= 11 is 7.26. The van der Waals surface area contributed by atoms with Crippen LogP contribution in [0.25, 0.3) is 10.7 Å². The second kappa shape index (κ2) is 8.30. The second-order valence-electron chi connectivity index (χ2n) is 6.33. The molecule has 26 heavy (non-hydrogen) atoms. The molecule has 0 bridgehead atoms. The van der Waals surface area contributed by atoms with Gasteiger partial charge in [-0.25, -0.2) is 13.1 Å². The van der Waals surface area contributed by atoms with Crippen LogP contribution in [-0.2, 0) is 27.8 Å². The van der Waals surface area contributed by atoms with Gasteiger partial charge in [0.05, 0.1) is 29.7 Å². The van der Waals surface area contributed by atoms with Crippen molar-refractivity contribution in [1.82, 2.24) is 19.2 Å². The van der Waals surface area contributed by atoms with Crippen molar-refractivity contribution in [2.45, 2.75) is 32.6 Å². The van der Waals surface area contributed by atoms with E-state index < -0.39 is 9.84 Å². The van der Waals surface area contributed by atoms with E-state index in [2.05, 4.69) is 4.90 Å². The SMILES string of the molecule is CCn1c(-c2cccs2)nn(CN(CCOC)[C@@H]2CCS(=O)(=O)C2)c1=S. The van der Waals surface area contributed by atoms with Crippen LogP contribution in [0, 0.1) is 4.77 Å². The summed E-state index contributed by atoms with van der Waals surface area (Å²) in [7, 11) is -1.30. The lowest BCUT2D eigenvalue weighted by atomic mass is 10.2. The molecule has 0 amide bonds. The Bertz CT molecular complexity index is 886. The standard InChI is InChI=1S/C16H24N4O3S3/c1-3-19-15(14-5-4-9-25-14)17-20(16(19)24)12-18(7-8-23-2)13-6-10-26(21,22)11-13/h4-5,9,13H,3,6-8,10-12H2,1-2H3/t13-/m1/s1. The molecule has 2 aromatic rings. The summed E-state index contributed by atoms with van der Waals surface area (Å²) in [6.45, 7) is 4.43. The molecule has 1 aliphatic rings. The topological polar surface area (TPSA) is 69.4 Å². The van der Waals surface area contributed by atoms with Crippen molar-refractivity contribution in [2.24, 2.45) is 0 Å². The Balaban J connectivity index is 1.88. The van der Waals surface area contributed by atoms with Crippen molar-refractivity contribution in [2.75, 3.05) is 31.8 Å². The van der Waals surface area contributed by atoms with Gasteiger partial charge in [-0.1, -0.05) is 6.07 Å². The molecular formula is C16H24N4O3S3. The lowest BCUT2D eigenvalue weighted by Gasteiger charge is -2.27. The van der Waals surface area contributed by atoms with Crippen molar-refractivity contribution in [3.63, 3.8) is 0 Å². The van der Waals surface area contributed by atoms with E-state index in [1.54, 1.807) is 23.1 Å². The van der Waals surface area contributed by atoms with Gasteiger partial charge in [-0.3, -0.25) is 9.47 Å². The van der Waals surface area contributed by atoms with Crippen molar-refractivity contribution in [3.8, 4) is 10.7 Å². The van der Waals surface area contributed by atoms with Gasteiger partial charge in [-0.15, -0.1) is 16.4 Å². The average Bonchev–Trinajstić information content (AvgIpc) is 3.31. The van der Waals surface area contributed by atoms with Gasteiger partial charge in [0.2, 0.25) is 0 Å². The first kappa shape index (κ1) is 19.7. The second-order valence-corrected chi connectivity index (χ2v) is 9.87. The zero-order valence-corrected chi connectivity index (χ0v) is 17.4. The van der Waals surface area contributed by atoms with Gasteiger partial charge in [0, 0.05) is 26.2 Å². The molecule has 0 spiro atoms. The highest BCUT2D eigenvalue weighted by Gasteiger charge is 2.32. The van der Waals surface area contributed by atoms with Gasteiger partial charge in [-0.2, -0.15) is 0 Å². The Morgan fingerprint density at radius 2 is 2.31 bits per heavy atom. The lowest BCUT2D eigenvalue weighted by molar-refractivity contribution is 0.0980. The predicted octanol–water partition coefficient (Wildman–Crippen LogP) is 2.26. The smallest absolute Gasteiger partial charge is 0.199 e. The van der Waals surface area contributed by atoms with Crippen molar-refractivity contribution >= 4 is 33.4 Å². The Morgan fingerprint density at radius 1 is 1.50 bits per heavy atom. The van der Waals surface area contributed by atoms with Crippen LogP contribution < -0.4 is 0 Å². The minimum absolute atomic E-state index is 0.0194. The van der Waals surface area contributed by atoms with Crippen LogP contribution in [0.5, 0.6) is 0 Å². The van der Waals surface area contributed by atoms with Crippen LogP contribution in [-0.4, -0.2) is 65.5 Å². The van der Waals surface area contributed by atoms with Crippen molar-refractivity contribution < 1.29 is 13.2 Å². The Morgan fingerprint density at radius 3 is 2.88 bits per heavy atom. The van der Waals surface area contributed by atoms with E-state index in [4.69, 9.17) is 22.1 Å². The van der Waals surface area contributed by atoms with Gasteiger partial charge in [0.15, 0.2) is 20.4 Å². The minimum atomic E-state index is -2.95. The van der Waals surface area contributed by atoms with E-state index in [0.29, 0.717) is 31.0 Å². The monoisotopic (exact) mass is 416 g/mol. The first-order chi connectivity index (χ1) is 12.4. The van der Waals surface area contributed by atoms with Crippen LogP contribution >= 0.6 is 23.6 Å². The highest BCUT2D eigenvalue weighted by molar-refractivity contribution is 7.91. The third-order valence-corrected chi connectivity index (χ3v) is 7.65. The summed E-state index contributed by atoms with van der Waals surface area (Å²) in [5.41, 5.74) is 0. The molecule has 1 saturated heterocycles. The summed E-state index contributed by atoms with van der Waals surface area (Å²) in [6.07, 6.45) is 0.644. The molecule has 0 radical (unpaired) electrons. The maximum atomic E-state index is 11.9. The molecule has 1 atom stereocenters. The highest BCUT2D eigenvalue weighted by Crippen LogP contribution is 2.24. The molecule has 0 N–H and O–H groups in total. The molecule has 1 fully saturated rings. The van der Waals surface area contributed by atoms with Crippen LogP contribution in [0.1, 0.15) is 13.3 Å². The molecule has 0 unspecified atom stereocenters. The summed E-state index contributed by atoms with van der Waals surface area (Å²) < 4.78 is 33.5. The zero-order chi connectivity index (χ0) is 18.7. The number of sulfone groups is 1. The van der Waals surface area contributed by atoms with E-state index >= 15 is 0 Å². The summed E-state index contributed by atoms with van der Waals surface area (Å²) in [5.74, 6) is 1.30. The van der Waals surface area contributed by atoms with E-state index in [-0.39, 0.29) is 17.5 Å². The molecule has 144 valence electrons. The average molecular weight is 417 g/mol. The van der Waals surface area contributed by atoms with Crippen LogP contribution in [0.4, 0.5) is 0 Å². The van der Waals surface area contributed by atoms with Gasteiger partial charge in [0.1, 0.15) is 0 Å². The number of methoxy groups -OCH3 is 1. The van der Waals surface area contributed by atoms with E-state index in [1.807, 2.05) is 29.0 Å². The number of ether oxygens (including phenoxy) is 1. The maximum Gasteiger partial charge on any atom is 0.199 e. The van der Waals surface area contributed by atoms with Gasteiger partial charge in [0.25, 0.3) is 0 Å². The van der Waals surface area contributed by atoms with Gasteiger partial charge in [-0.05, 0) is 37.0 Å². The molecular weight excluding hydrogens is 392 g/mol. The zero-order valence-electron chi connectivity index (χ0n) is 15.0. The number of rotatable bonds is 8. The first-order valence-corrected chi connectivity index (χ1v) is 11.7. The van der Waals surface area contributed by atoms with E-state index in [0.717, 1.165) is 17.2 Å². The fraction of sp³-hybridized carbons (Fsp3) is 0.625. The molecule has 3 heterocycles. The number of thiophene rings is 1. The lowest BCUT2D eigenvalue weighted by Crippen LogP contribution is -2.40. The normalized spacial score (nSPS) is 19.4. The Kier molecular flexibility index (Phi) is 6.29. The van der Waals surface area contributed by atoms with Crippen LogP contribution in [0.15, 0.2) is 17.5 Å². The highest BCUT2D eigenvalue weighted by atomic mass is 32.2. The Labute approximate surface area is 163 Å². The molecule has 7 nitrogen and oxygen atoms in total. The third kappa shape index (κ3) is 4.25. The fourth-order valence-electron chi connectivity index (χ4n) is 3.22. The third-order valence-electron chi connectivity index (χ3n) is 4.60. The largest absolute Gasteiger partial charge is 0.383 e. The van der Waals surface area contributed by atoms with E-state index in [9.17, 15) is 8.42 Å². The minimum Gasteiger partial charge on any atom is -0.383 e. The number of hydrogen-bond acceptors (Lipinski definition) is 7. The van der Waals surface area contributed by atoms with Gasteiger partial charge >= 0.3 is 0 Å². The van der Waals surface area contributed by atoms with E-state index in [1.165, 1.54) is 0 Å². The molecule has 0 saturated carbocycles. The molecule has 1 aliphatic heterocycles. The quantitative estimate of drug-likeness (QED) is 0.615. The van der Waals surface area contributed by atoms with Crippen LogP contribution in [0.2, 0.25) is 0 Å². The number of hydrogen-bond donors (Lipinski definition) is 0. The maximum absolute atomic E-state index is 11.9. The Hall–Kier alpha value is -1.07. The molecule has 10 heteroatoms. The molecule has 2 aromatic heterocycles. The molecule has 0 aromatic carbocycles. The summed E-state index contributed by atoms with van der Waals surface area (Å²) in [5, 5.41) is 6.75. The molecule has 0 aliphatic carbocycles. The summed E-state index contributed by atoms with van der Waals surface area (Å²) in [6, 6.07) is 4.01. The fourth-order valence-corrected chi connectivity index (χ4v) is 6.01. The predicted molar refractivity (Wildman–Crippen MR) is 106 cm³/mol. The van der Waals surface area contributed by atoms with Crippen LogP contribution in [0.3, 0.4) is 0 Å².